The summed E-state index contributed by atoms with van der Waals surface area (Å²) in [4.78, 5) is 2.28. The highest BCUT2D eigenvalue weighted by Crippen LogP contribution is 2.20. The highest BCUT2D eigenvalue weighted by molar-refractivity contribution is 5.32. The monoisotopic (exact) mass is 235 g/mol. The summed E-state index contributed by atoms with van der Waals surface area (Å²) in [5.41, 5.74) is 3.47. The fourth-order valence-electron chi connectivity index (χ4n) is 2.23. The topological polar surface area (TPSA) is 23.5 Å². The van der Waals surface area contributed by atoms with E-state index in [0.717, 1.165) is 12.1 Å². The molecule has 1 unspecified atom stereocenters. The Morgan fingerprint density at radius 3 is 2.35 bits per heavy atom. The zero-order chi connectivity index (χ0) is 13.0. The van der Waals surface area contributed by atoms with Crippen molar-refractivity contribution in [3.63, 3.8) is 0 Å². The lowest BCUT2D eigenvalue weighted by molar-refractivity contribution is 0.0987. The van der Waals surface area contributed by atoms with Crippen LogP contribution in [0.4, 0.5) is 0 Å². The van der Waals surface area contributed by atoms with E-state index in [2.05, 4.69) is 51.7 Å². The van der Waals surface area contributed by atoms with Crippen molar-refractivity contribution in [2.24, 2.45) is 0 Å². The third-order valence-corrected chi connectivity index (χ3v) is 3.33. The van der Waals surface area contributed by atoms with Gasteiger partial charge in [0.15, 0.2) is 0 Å². The summed E-state index contributed by atoms with van der Waals surface area (Å²) in [5, 5.41) is 10.3. The summed E-state index contributed by atoms with van der Waals surface area (Å²) >= 11 is 0. The number of hydrogen-bond donors (Lipinski definition) is 1. The maximum Gasteiger partial charge on any atom is 0.0919 e. The average molecular weight is 235 g/mol. The summed E-state index contributed by atoms with van der Waals surface area (Å²) in [7, 11) is 0. The maximum absolute atomic E-state index is 10.3. The van der Waals surface area contributed by atoms with Crippen molar-refractivity contribution < 1.29 is 5.11 Å². The van der Waals surface area contributed by atoms with Crippen LogP contribution in [0.25, 0.3) is 0 Å². The highest BCUT2D eigenvalue weighted by atomic mass is 16.3. The van der Waals surface area contributed by atoms with Crippen molar-refractivity contribution in [3.8, 4) is 0 Å². The molecule has 0 aliphatic heterocycles. The number of aryl methyl sites for hydroxylation is 2. The number of aliphatic hydroxyl groups excluding tert-OH is 1. The molecule has 2 nitrogen and oxygen atoms in total. The van der Waals surface area contributed by atoms with Gasteiger partial charge in [-0.15, -0.1) is 0 Å². The first-order valence-corrected chi connectivity index (χ1v) is 6.45. The second-order valence-electron chi connectivity index (χ2n) is 5.06. The number of benzene rings is 1. The Kier molecular flexibility index (Phi) is 5.16. The molecule has 17 heavy (non-hydrogen) atoms. The first-order valence-electron chi connectivity index (χ1n) is 6.45. The van der Waals surface area contributed by atoms with Crippen molar-refractivity contribution in [1.29, 1.82) is 0 Å². The molecule has 0 saturated heterocycles. The van der Waals surface area contributed by atoms with Crippen LogP contribution < -0.4 is 0 Å². The lowest BCUT2D eigenvalue weighted by atomic mass is 10.0. The van der Waals surface area contributed by atoms with Crippen LogP contribution in [0.5, 0.6) is 0 Å². The van der Waals surface area contributed by atoms with Gasteiger partial charge in [0.1, 0.15) is 0 Å². The van der Waals surface area contributed by atoms with E-state index in [9.17, 15) is 5.11 Å². The van der Waals surface area contributed by atoms with Crippen LogP contribution in [-0.2, 0) is 0 Å². The van der Waals surface area contributed by atoms with Crippen molar-refractivity contribution in [1.82, 2.24) is 4.90 Å². The molecule has 2 heteroatoms. The molecule has 0 heterocycles. The Morgan fingerprint density at radius 1 is 1.24 bits per heavy atom. The van der Waals surface area contributed by atoms with Gasteiger partial charge >= 0.3 is 0 Å². The molecule has 1 aromatic rings. The number of hydrogen-bond acceptors (Lipinski definition) is 2. The van der Waals surface area contributed by atoms with Gasteiger partial charge in [0.2, 0.25) is 0 Å². The fraction of sp³-hybridized carbons (Fsp3) is 0.600. The molecule has 1 atom stereocenters. The van der Waals surface area contributed by atoms with Crippen LogP contribution in [-0.4, -0.2) is 29.1 Å². The van der Waals surface area contributed by atoms with Crippen molar-refractivity contribution in [2.45, 2.75) is 46.8 Å². The zero-order valence-corrected chi connectivity index (χ0v) is 11.7. The molecule has 0 aromatic heterocycles. The van der Waals surface area contributed by atoms with Gasteiger partial charge in [-0.25, -0.2) is 0 Å². The summed E-state index contributed by atoms with van der Waals surface area (Å²) in [6, 6.07) is 6.71. The zero-order valence-electron chi connectivity index (χ0n) is 11.7. The van der Waals surface area contributed by atoms with Crippen LogP contribution in [0, 0.1) is 13.8 Å². The number of aliphatic hydroxyl groups is 1. The number of likely N-dealkylation sites (N-methyl/N-ethyl adjacent to an activating group) is 1. The third-order valence-electron chi connectivity index (χ3n) is 3.33. The van der Waals surface area contributed by atoms with Crippen molar-refractivity contribution in [2.75, 3.05) is 13.1 Å². The minimum Gasteiger partial charge on any atom is -0.387 e. The normalized spacial score (nSPS) is 13.4. The highest BCUT2D eigenvalue weighted by Gasteiger charge is 2.16. The molecule has 0 spiro atoms. The van der Waals surface area contributed by atoms with Gasteiger partial charge in [-0.1, -0.05) is 30.7 Å². The molecule has 0 fully saturated rings. The summed E-state index contributed by atoms with van der Waals surface area (Å²) in [6.07, 6.45) is -0.391. The second-order valence-corrected chi connectivity index (χ2v) is 5.06. The van der Waals surface area contributed by atoms with Gasteiger partial charge < -0.3 is 5.11 Å². The van der Waals surface area contributed by atoms with E-state index < -0.39 is 6.10 Å². The van der Waals surface area contributed by atoms with Gasteiger partial charge in [0.05, 0.1) is 6.10 Å². The minimum atomic E-state index is -0.391. The van der Waals surface area contributed by atoms with Crippen LogP contribution in [0.3, 0.4) is 0 Å². The van der Waals surface area contributed by atoms with E-state index >= 15 is 0 Å². The molecule has 1 N–H and O–H groups in total. The van der Waals surface area contributed by atoms with E-state index in [1.54, 1.807) is 0 Å². The first-order chi connectivity index (χ1) is 7.95. The van der Waals surface area contributed by atoms with E-state index in [0.29, 0.717) is 12.6 Å². The third kappa shape index (κ3) is 3.83. The molecular weight excluding hydrogens is 210 g/mol. The van der Waals surface area contributed by atoms with E-state index in [4.69, 9.17) is 0 Å². The standard InChI is InChI=1S/C15H25NO/c1-6-16(11(2)3)10-15(17)14-8-7-12(4)9-13(14)5/h7-9,11,15,17H,6,10H2,1-5H3. The molecule has 0 radical (unpaired) electrons. The lowest BCUT2D eigenvalue weighted by Gasteiger charge is -2.28. The lowest BCUT2D eigenvalue weighted by Crippen LogP contribution is -2.34. The average Bonchev–Trinajstić information content (AvgIpc) is 2.24. The molecule has 0 bridgehead atoms. The predicted octanol–water partition coefficient (Wildman–Crippen LogP) is 3.07. The Balaban J connectivity index is 2.78. The summed E-state index contributed by atoms with van der Waals surface area (Å²) in [6.45, 7) is 12.3. The minimum absolute atomic E-state index is 0.391. The number of nitrogens with zero attached hydrogens (tertiary/aromatic N) is 1. The molecular formula is C15H25NO. The molecule has 0 amide bonds. The van der Waals surface area contributed by atoms with Gasteiger partial charge in [0, 0.05) is 12.6 Å². The predicted molar refractivity (Wildman–Crippen MR) is 73.3 cm³/mol. The summed E-state index contributed by atoms with van der Waals surface area (Å²) in [5.74, 6) is 0. The van der Waals surface area contributed by atoms with Crippen LogP contribution in [0.1, 0.15) is 43.6 Å². The molecule has 96 valence electrons. The largest absolute Gasteiger partial charge is 0.387 e. The number of rotatable bonds is 5. The van der Waals surface area contributed by atoms with E-state index in [1.165, 1.54) is 11.1 Å². The smallest absolute Gasteiger partial charge is 0.0919 e. The van der Waals surface area contributed by atoms with Crippen LogP contribution in [0.15, 0.2) is 18.2 Å². The van der Waals surface area contributed by atoms with Gasteiger partial charge in [-0.2, -0.15) is 0 Å². The molecule has 0 aliphatic rings. The van der Waals surface area contributed by atoms with Crippen LogP contribution >= 0.6 is 0 Å². The quantitative estimate of drug-likeness (QED) is 0.848. The maximum atomic E-state index is 10.3. The molecule has 0 aliphatic carbocycles. The Bertz CT molecular complexity index is 360. The van der Waals surface area contributed by atoms with Gasteiger partial charge in [0.25, 0.3) is 0 Å². The van der Waals surface area contributed by atoms with Crippen molar-refractivity contribution in [3.05, 3.63) is 34.9 Å². The Morgan fingerprint density at radius 2 is 1.88 bits per heavy atom. The Hall–Kier alpha value is -0.860. The SMILES string of the molecule is CCN(CC(O)c1ccc(C)cc1C)C(C)C. The second kappa shape index (κ2) is 6.18. The van der Waals surface area contributed by atoms with Gasteiger partial charge in [-0.3, -0.25) is 4.90 Å². The molecule has 1 aromatic carbocycles. The van der Waals surface area contributed by atoms with Gasteiger partial charge in [-0.05, 0) is 45.4 Å². The van der Waals surface area contributed by atoms with Crippen molar-refractivity contribution >= 4 is 0 Å². The first kappa shape index (κ1) is 14.2. The fourth-order valence-corrected chi connectivity index (χ4v) is 2.23. The molecule has 0 saturated carbocycles. The Labute approximate surface area is 105 Å². The van der Waals surface area contributed by atoms with E-state index in [-0.39, 0.29) is 0 Å². The summed E-state index contributed by atoms with van der Waals surface area (Å²) < 4.78 is 0. The molecule has 1 rings (SSSR count). The van der Waals surface area contributed by atoms with Crippen LogP contribution in [0.2, 0.25) is 0 Å². The van der Waals surface area contributed by atoms with E-state index in [1.807, 2.05) is 6.07 Å².